The average Bonchev–Trinajstić information content (AvgIpc) is 2.41. The van der Waals surface area contributed by atoms with Gasteiger partial charge >= 0.3 is 5.69 Å². The van der Waals surface area contributed by atoms with Gasteiger partial charge in [0, 0.05) is 34.3 Å². The highest BCUT2D eigenvalue weighted by Crippen LogP contribution is 2.02. The maximum atomic E-state index is 12.1. The number of anilines is 1. The van der Waals surface area contributed by atoms with Crippen LogP contribution in [0.5, 0.6) is 0 Å². The van der Waals surface area contributed by atoms with Gasteiger partial charge in [-0.15, -0.1) is 5.10 Å². The third kappa shape index (κ3) is 3.65. The Balaban J connectivity index is 3.14. The van der Waals surface area contributed by atoms with E-state index >= 15 is 0 Å². The Hall–Kier alpha value is -1.67. The maximum absolute atomic E-state index is 12.1. The van der Waals surface area contributed by atoms with Gasteiger partial charge < -0.3 is 15.4 Å². The van der Waals surface area contributed by atoms with Crippen molar-refractivity contribution in [2.45, 2.75) is 6.42 Å². The van der Waals surface area contributed by atoms with Crippen LogP contribution >= 0.6 is 0 Å². The predicted octanol–water partition coefficient (Wildman–Crippen LogP) is -1.72. The zero-order chi connectivity index (χ0) is 14.4. The number of aromatic nitrogens is 3. The van der Waals surface area contributed by atoms with E-state index in [0.717, 1.165) is 15.7 Å². The summed E-state index contributed by atoms with van der Waals surface area (Å²) in [4.78, 5) is 25.5. The van der Waals surface area contributed by atoms with E-state index < -0.39 is 11.2 Å². The van der Waals surface area contributed by atoms with E-state index in [1.807, 2.05) is 0 Å². The Labute approximate surface area is 111 Å². The molecule has 0 fully saturated rings. The van der Waals surface area contributed by atoms with Crippen molar-refractivity contribution in [3.05, 3.63) is 20.8 Å². The van der Waals surface area contributed by atoms with Crippen LogP contribution in [0.1, 0.15) is 6.42 Å². The van der Waals surface area contributed by atoms with Crippen LogP contribution in [0, 0.1) is 0 Å². The van der Waals surface area contributed by atoms with Crippen molar-refractivity contribution in [1.82, 2.24) is 14.3 Å². The van der Waals surface area contributed by atoms with Crippen LogP contribution in [0.15, 0.2) is 9.59 Å². The molecule has 0 bridgehead atoms. The molecule has 0 saturated heterocycles. The first-order valence-electron chi connectivity index (χ1n) is 6.11. The maximum Gasteiger partial charge on any atom is 0.346 e. The van der Waals surface area contributed by atoms with Crippen LogP contribution in [0.2, 0.25) is 0 Å². The van der Waals surface area contributed by atoms with E-state index in [0.29, 0.717) is 26.2 Å². The fourth-order valence-electron chi connectivity index (χ4n) is 1.69. The smallest absolute Gasteiger partial charge is 0.346 e. The lowest BCUT2D eigenvalue weighted by molar-refractivity contribution is 0.205. The molecule has 2 N–H and O–H groups in total. The van der Waals surface area contributed by atoms with E-state index in [-0.39, 0.29) is 5.82 Å². The molecule has 0 amide bonds. The quantitative estimate of drug-likeness (QED) is 0.634. The summed E-state index contributed by atoms with van der Waals surface area (Å²) >= 11 is 0. The predicted molar refractivity (Wildman–Crippen MR) is 72.5 cm³/mol. The molecule has 0 saturated carbocycles. The van der Waals surface area contributed by atoms with E-state index in [1.165, 1.54) is 14.1 Å². The summed E-state index contributed by atoms with van der Waals surface area (Å²) in [6.45, 7) is 2.12. The molecule has 0 atom stereocenters. The number of nitrogens with two attached hydrogens (primary N) is 1. The Morgan fingerprint density at radius 1 is 1.32 bits per heavy atom. The van der Waals surface area contributed by atoms with E-state index in [2.05, 4.69) is 5.10 Å². The third-order valence-corrected chi connectivity index (χ3v) is 2.80. The van der Waals surface area contributed by atoms with Crippen molar-refractivity contribution in [1.29, 1.82) is 0 Å². The molecule has 1 rings (SSSR count). The number of methoxy groups -OCH3 is 1. The van der Waals surface area contributed by atoms with Crippen molar-refractivity contribution in [3.8, 4) is 0 Å². The third-order valence-electron chi connectivity index (χ3n) is 2.80. The Bertz CT molecular complexity index is 514. The minimum Gasteiger partial charge on any atom is -0.383 e. The Kier molecular flexibility index (Phi) is 5.71. The zero-order valence-electron chi connectivity index (χ0n) is 11.6. The molecule has 0 aromatic carbocycles. The lowest BCUT2D eigenvalue weighted by Crippen LogP contribution is -2.44. The summed E-state index contributed by atoms with van der Waals surface area (Å²) in [6, 6.07) is 0. The highest BCUT2D eigenvalue weighted by atomic mass is 16.5. The monoisotopic (exact) mass is 271 g/mol. The second-order valence-electron chi connectivity index (χ2n) is 4.22. The summed E-state index contributed by atoms with van der Waals surface area (Å²) in [5, 5.41) is 4.04. The molecular formula is C11H21N5O3. The minimum absolute atomic E-state index is 0.245. The summed E-state index contributed by atoms with van der Waals surface area (Å²) in [7, 11) is 4.55. The average molecular weight is 271 g/mol. The highest BCUT2D eigenvalue weighted by Gasteiger charge is 2.15. The van der Waals surface area contributed by atoms with Crippen molar-refractivity contribution >= 4 is 5.82 Å². The van der Waals surface area contributed by atoms with Crippen LogP contribution in [-0.2, 0) is 18.8 Å². The van der Waals surface area contributed by atoms with Gasteiger partial charge in [0.15, 0.2) is 0 Å². The van der Waals surface area contributed by atoms with E-state index in [9.17, 15) is 9.59 Å². The highest BCUT2D eigenvalue weighted by molar-refractivity contribution is 5.34. The minimum atomic E-state index is -0.445. The van der Waals surface area contributed by atoms with Gasteiger partial charge in [-0.25, -0.2) is 9.48 Å². The molecule has 1 heterocycles. The SMILES string of the molecule is COCCN(CCCN)c1nn(C)c(=O)n(C)c1=O. The van der Waals surface area contributed by atoms with Crippen molar-refractivity contribution in [2.75, 3.05) is 38.3 Å². The molecule has 0 spiro atoms. The standard InChI is InChI=1S/C11H21N5O3/c1-14-10(17)9(13-15(2)11(14)18)16(6-4-5-12)7-8-19-3/h4-8,12H2,1-3H3. The van der Waals surface area contributed by atoms with Gasteiger partial charge in [0.25, 0.3) is 5.56 Å². The number of hydrogen-bond acceptors (Lipinski definition) is 6. The van der Waals surface area contributed by atoms with Gasteiger partial charge in [-0.3, -0.25) is 9.36 Å². The first kappa shape index (κ1) is 15.4. The molecule has 0 aliphatic carbocycles. The largest absolute Gasteiger partial charge is 0.383 e. The van der Waals surface area contributed by atoms with Gasteiger partial charge in [-0.05, 0) is 13.0 Å². The summed E-state index contributed by atoms with van der Waals surface area (Å²) in [5.41, 5.74) is 4.64. The first-order valence-corrected chi connectivity index (χ1v) is 6.11. The van der Waals surface area contributed by atoms with Gasteiger partial charge in [-0.1, -0.05) is 0 Å². The molecule has 0 unspecified atom stereocenters. The normalized spacial score (nSPS) is 10.7. The van der Waals surface area contributed by atoms with E-state index in [4.69, 9.17) is 10.5 Å². The zero-order valence-corrected chi connectivity index (χ0v) is 11.6. The molecule has 0 aliphatic rings. The fraction of sp³-hybridized carbons (Fsp3) is 0.727. The molecule has 8 heteroatoms. The Morgan fingerprint density at radius 3 is 2.58 bits per heavy atom. The summed E-state index contributed by atoms with van der Waals surface area (Å²) in [5.74, 6) is 0.245. The fourth-order valence-corrected chi connectivity index (χ4v) is 1.69. The topological polar surface area (TPSA) is 95.4 Å². The van der Waals surface area contributed by atoms with Gasteiger partial charge in [0.05, 0.1) is 6.61 Å². The summed E-state index contributed by atoms with van der Waals surface area (Å²) < 4.78 is 7.22. The number of ether oxygens (including phenoxy) is 1. The van der Waals surface area contributed by atoms with Crippen molar-refractivity contribution in [2.24, 2.45) is 19.8 Å². The van der Waals surface area contributed by atoms with Crippen molar-refractivity contribution < 1.29 is 4.74 Å². The molecule has 19 heavy (non-hydrogen) atoms. The lowest BCUT2D eigenvalue weighted by Gasteiger charge is -2.22. The molecular weight excluding hydrogens is 250 g/mol. The number of nitrogens with zero attached hydrogens (tertiary/aromatic N) is 4. The van der Waals surface area contributed by atoms with E-state index in [1.54, 1.807) is 12.0 Å². The van der Waals surface area contributed by atoms with Gasteiger partial charge in [-0.2, -0.15) is 0 Å². The molecule has 0 radical (unpaired) electrons. The molecule has 108 valence electrons. The van der Waals surface area contributed by atoms with Crippen molar-refractivity contribution in [3.63, 3.8) is 0 Å². The number of rotatable bonds is 7. The Morgan fingerprint density at radius 2 is 2.00 bits per heavy atom. The van der Waals surface area contributed by atoms with Gasteiger partial charge in [0.2, 0.25) is 5.82 Å². The second kappa shape index (κ2) is 7.05. The van der Waals surface area contributed by atoms with Crippen LogP contribution in [-0.4, -0.2) is 47.7 Å². The van der Waals surface area contributed by atoms with Crippen LogP contribution in [0.4, 0.5) is 5.82 Å². The molecule has 1 aromatic heterocycles. The number of aryl methyl sites for hydroxylation is 1. The first-order chi connectivity index (χ1) is 9.02. The van der Waals surface area contributed by atoms with Crippen LogP contribution in [0.3, 0.4) is 0 Å². The number of hydrogen-bond donors (Lipinski definition) is 1. The second-order valence-corrected chi connectivity index (χ2v) is 4.22. The molecule has 1 aromatic rings. The van der Waals surface area contributed by atoms with Crippen LogP contribution < -0.4 is 21.9 Å². The summed E-state index contributed by atoms with van der Waals surface area (Å²) in [6.07, 6.45) is 0.734. The van der Waals surface area contributed by atoms with Crippen LogP contribution in [0.25, 0.3) is 0 Å². The lowest BCUT2D eigenvalue weighted by atomic mass is 10.3. The molecule has 0 aliphatic heterocycles. The van der Waals surface area contributed by atoms with Gasteiger partial charge in [0.1, 0.15) is 0 Å². The molecule has 8 nitrogen and oxygen atoms in total.